The lowest BCUT2D eigenvalue weighted by Crippen LogP contribution is -2.15. The number of rotatable bonds is 3. The molecule has 2 aromatic heterocycles. The fourth-order valence-corrected chi connectivity index (χ4v) is 3.37. The smallest absolute Gasteiger partial charge is 0.332 e. The van der Waals surface area contributed by atoms with E-state index in [1.165, 1.54) is 4.57 Å². The summed E-state index contributed by atoms with van der Waals surface area (Å²) < 4.78 is 12.0. The number of carbonyl (C=O) groups is 1. The Bertz CT molecular complexity index is 1360. The number of ether oxygens (including phenoxy) is 2. The number of imidazole rings is 1. The lowest BCUT2D eigenvalue weighted by atomic mass is 10.2. The van der Waals surface area contributed by atoms with Crippen LogP contribution in [0.2, 0.25) is 5.02 Å². The second-order valence-corrected chi connectivity index (χ2v) is 6.71. The molecule has 0 fully saturated rings. The third-order valence-electron chi connectivity index (χ3n) is 4.47. The lowest BCUT2D eigenvalue weighted by molar-refractivity contribution is 0.0997. The molecule has 0 spiro atoms. The average Bonchev–Trinajstić information content (AvgIpc) is 3.29. The summed E-state index contributed by atoms with van der Waals surface area (Å²) in [5, 5.41) is 0.481. The highest BCUT2D eigenvalue weighted by Gasteiger charge is 2.22. The summed E-state index contributed by atoms with van der Waals surface area (Å²) in [6.45, 7) is 0.106. The van der Waals surface area contributed by atoms with Gasteiger partial charge in [0.1, 0.15) is 5.52 Å². The van der Waals surface area contributed by atoms with Crippen LogP contribution in [0.1, 0.15) is 10.5 Å². The molecule has 29 heavy (non-hydrogen) atoms. The third-order valence-corrected chi connectivity index (χ3v) is 4.70. The van der Waals surface area contributed by atoms with E-state index in [1.807, 2.05) is 0 Å². The lowest BCUT2D eigenvalue weighted by Gasteiger charge is -2.07. The quantitative estimate of drug-likeness (QED) is 0.534. The van der Waals surface area contributed by atoms with Gasteiger partial charge in [0.2, 0.25) is 6.79 Å². The van der Waals surface area contributed by atoms with Crippen molar-refractivity contribution in [1.82, 2.24) is 19.5 Å². The molecule has 0 atom stereocenters. The average molecular weight is 410 g/mol. The molecule has 10 heteroatoms. The molecule has 4 aromatic rings. The van der Waals surface area contributed by atoms with E-state index in [0.717, 1.165) is 0 Å². The number of benzene rings is 2. The van der Waals surface area contributed by atoms with E-state index in [0.29, 0.717) is 27.8 Å². The van der Waals surface area contributed by atoms with Crippen molar-refractivity contribution in [2.45, 2.75) is 0 Å². The number of amides is 1. The van der Waals surface area contributed by atoms with Crippen LogP contribution >= 0.6 is 11.6 Å². The Balaban J connectivity index is 1.80. The van der Waals surface area contributed by atoms with Crippen molar-refractivity contribution in [2.75, 3.05) is 6.79 Å². The summed E-state index contributed by atoms with van der Waals surface area (Å²) in [5.41, 5.74) is 6.31. The Labute approximate surface area is 167 Å². The molecule has 3 N–H and O–H groups in total. The number of fused-ring (bicyclic) bond motifs is 2. The topological polar surface area (TPSA) is 125 Å². The molecule has 0 saturated carbocycles. The highest BCUT2D eigenvalue weighted by molar-refractivity contribution is 6.30. The Hall–Kier alpha value is -3.85. The molecule has 0 radical (unpaired) electrons. The van der Waals surface area contributed by atoms with Crippen LogP contribution in [0.15, 0.2) is 47.3 Å². The summed E-state index contributed by atoms with van der Waals surface area (Å²) in [5.74, 6) is 0.499. The van der Waals surface area contributed by atoms with Crippen molar-refractivity contribution >= 4 is 28.7 Å². The number of primary amides is 1. The largest absolute Gasteiger partial charge is 0.454 e. The number of aromatic nitrogens is 4. The van der Waals surface area contributed by atoms with E-state index in [1.54, 1.807) is 42.5 Å². The van der Waals surface area contributed by atoms with Gasteiger partial charge in [-0.3, -0.25) is 4.79 Å². The van der Waals surface area contributed by atoms with Gasteiger partial charge in [-0.25, -0.2) is 19.3 Å². The van der Waals surface area contributed by atoms with Crippen molar-refractivity contribution in [3.8, 4) is 28.6 Å². The van der Waals surface area contributed by atoms with Crippen LogP contribution in [-0.2, 0) is 0 Å². The SMILES string of the molecule is NC(=O)c1nc(-c2cccc(Cl)c2)nc2c1[nH]c(=O)n2-c1ccc2c(c1)OCO2. The number of aromatic amines is 1. The van der Waals surface area contributed by atoms with E-state index >= 15 is 0 Å². The zero-order chi connectivity index (χ0) is 20.1. The Morgan fingerprint density at radius 2 is 1.97 bits per heavy atom. The van der Waals surface area contributed by atoms with Gasteiger partial charge < -0.3 is 20.2 Å². The first-order chi connectivity index (χ1) is 14.0. The molecule has 0 bridgehead atoms. The molecule has 0 aliphatic carbocycles. The van der Waals surface area contributed by atoms with Crippen molar-refractivity contribution in [2.24, 2.45) is 5.73 Å². The molecule has 1 aliphatic heterocycles. The number of hydrogen-bond donors (Lipinski definition) is 2. The van der Waals surface area contributed by atoms with Gasteiger partial charge in [0.15, 0.2) is 28.7 Å². The van der Waals surface area contributed by atoms with Crippen LogP contribution < -0.4 is 20.9 Å². The van der Waals surface area contributed by atoms with Gasteiger partial charge in [-0.05, 0) is 24.3 Å². The minimum absolute atomic E-state index is 0.0958. The maximum atomic E-state index is 12.7. The molecule has 0 unspecified atom stereocenters. The Kier molecular flexibility index (Phi) is 3.78. The molecule has 144 valence electrons. The second kappa shape index (κ2) is 6.35. The van der Waals surface area contributed by atoms with Gasteiger partial charge in [-0.1, -0.05) is 23.7 Å². The van der Waals surface area contributed by atoms with Crippen LogP contribution in [0, 0.1) is 0 Å². The summed E-state index contributed by atoms with van der Waals surface area (Å²) in [4.78, 5) is 36.1. The maximum Gasteiger partial charge on any atom is 0.332 e. The minimum atomic E-state index is -0.792. The van der Waals surface area contributed by atoms with E-state index in [2.05, 4.69) is 15.0 Å². The number of hydrogen-bond acceptors (Lipinski definition) is 6. The number of nitrogens with two attached hydrogens (primary N) is 1. The minimum Gasteiger partial charge on any atom is -0.454 e. The first-order valence-corrected chi connectivity index (χ1v) is 8.87. The van der Waals surface area contributed by atoms with E-state index in [-0.39, 0.29) is 29.5 Å². The number of halogens is 1. The summed E-state index contributed by atoms with van der Waals surface area (Å²) in [6.07, 6.45) is 0. The molecular weight excluding hydrogens is 398 g/mol. The zero-order valence-corrected chi connectivity index (χ0v) is 15.4. The third kappa shape index (κ3) is 2.79. The van der Waals surface area contributed by atoms with Crippen molar-refractivity contribution in [3.63, 3.8) is 0 Å². The van der Waals surface area contributed by atoms with E-state index < -0.39 is 11.6 Å². The second-order valence-electron chi connectivity index (χ2n) is 6.27. The summed E-state index contributed by atoms with van der Waals surface area (Å²) in [6, 6.07) is 11.9. The van der Waals surface area contributed by atoms with Crippen molar-refractivity contribution in [3.05, 3.63) is 63.7 Å². The molecule has 1 aliphatic rings. The van der Waals surface area contributed by atoms with Crippen molar-refractivity contribution in [1.29, 1.82) is 0 Å². The first kappa shape index (κ1) is 17.3. The summed E-state index contributed by atoms with van der Waals surface area (Å²) >= 11 is 6.07. The predicted octanol–water partition coefficient (Wildman–Crippen LogP) is 2.26. The van der Waals surface area contributed by atoms with Gasteiger partial charge in [0, 0.05) is 16.7 Å². The molecular formula is C19H12ClN5O4. The van der Waals surface area contributed by atoms with Crippen molar-refractivity contribution < 1.29 is 14.3 Å². The van der Waals surface area contributed by atoms with E-state index in [4.69, 9.17) is 26.8 Å². The number of carbonyl (C=O) groups excluding carboxylic acids is 1. The zero-order valence-electron chi connectivity index (χ0n) is 14.7. The Morgan fingerprint density at radius 3 is 2.76 bits per heavy atom. The Morgan fingerprint density at radius 1 is 1.14 bits per heavy atom. The van der Waals surface area contributed by atoms with Gasteiger partial charge >= 0.3 is 5.69 Å². The highest BCUT2D eigenvalue weighted by Crippen LogP contribution is 2.34. The number of H-pyrrole nitrogens is 1. The fourth-order valence-electron chi connectivity index (χ4n) is 3.18. The van der Waals surface area contributed by atoms with Crippen LogP contribution in [0.3, 0.4) is 0 Å². The maximum absolute atomic E-state index is 12.7. The highest BCUT2D eigenvalue weighted by atomic mass is 35.5. The molecule has 3 heterocycles. The molecule has 9 nitrogen and oxygen atoms in total. The molecule has 2 aromatic carbocycles. The molecule has 0 saturated heterocycles. The standard InChI is InChI=1S/C19H12ClN5O4/c20-10-3-1-2-9(6-10)17-22-14(16(21)26)15-18(24-17)25(19(27)23-15)11-4-5-12-13(7-11)29-8-28-12/h1-7H,8H2,(H2,21,26)(H,23,27). The van der Waals surface area contributed by atoms with E-state index in [9.17, 15) is 9.59 Å². The number of nitrogens with one attached hydrogen (secondary N) is 1. The normalized spacial score (nSPS) is 12.4. The van der Waals surface area contributed by atoms with Gasteiger partial charge in [0.25, 0.3) is 5.91 Å². The van der Waals surface area contributed by atoms with Crippen LogP contribution in [0.5, 0.6) is 11.5 Å². The first-order valence-electron chi connectivity index (χ1n) is 8.50. The predicted molar refractivity (Wildman–Crippen MR) is 105 cm³/mol. The van der Waals surface area contributed by atoms with Crippen LogP contribution in [0.25, 0.3) is 28.2 Å². The molecule has 5 rings (SSSR count). The van der Waals surface area contributed by atoms with Gasteiger partial charge in [-0.15, -0.1) is 0 Å². The van der Waals surface area contributed by atoms with Crippen LogP contribution in [0.4, 0.5) is 0 Å². The number of nitrogens with zero attached hydrogens (tertiary/aromatic N) is 3. The molecule has 1 amide bonds. The monoisotopic (exact) mass is 409 g/mol. The summed E-state index contributed by atoms with van der Waals surface area (Å²) in [7, 11) is 0. The van der Waals surface area contributed by atoms with Gasteiger partial charge in [-0.2, -0.15) is 0 Å². The van der Waals surface area contributed by atoms with Gasteiger partial charge in [0.05, 0.1) is 5.69 Å². The fraction of sp³-hybridized carbons (Fsp3) is 0.0526. The van der Waals surface area contributed by atoms with Crippen LogP contribution in [-0.4, -0.2) is 32.2 Å².